The lowest BCUT2D eigenvalue weighted by Crippen LogP contribution is -2.56. The maximum absolute atomic E-state index is 10.6. The fraction of sp³-hybridized carbons (Fsp3) is 1.00. The van der Waals surface area contributed by atoms with Gasteiger partial charge in [0.05, 0.1) is 12.2 Å². The summed E-state index contributed by atoms with van der Waals surface area (Å²) in [5.41, 5.74) is 0.758. The third-order valence-electron chi connectivity index (χ3n) is 12.0. The van der Waals surface area contributed by atoms with Gasteiger partial charge in [0.2, 0.25) is 0 Å². The van der Waals surface area contributed by atoms with Gasteiger partial charge in [-0.15, -0.1) is 0 Å². The summed E-state index contributed by atoms with van der Waals surface area (Å²) in [4.78, 5) is 0. The van der Waals surface area contributed by atoms with E-state index < -0.39 is 12.2 Å². The van der Waals surface area contributed by atoms with Gasteiger partial charge in [-0.2, -0.15) is 0 Å². The largest absolute Gasteiger partial charge is 0.390 e. The highest BCUT2D eigenvalue weighted by molar-refractivity contribution is 5.10. The summed E-state index contributed by atoms with van der Waals surface area (Å²) in [5.74, 6) is 7.24. The normalized spacial score (nSPS) is 50.3. The second-order valence-electron chi connectivity index (χ2n) is 13.8. The summed E-state index contributed by atoms with van der Waals surface area (Å²) in [6.45, 7) is 17.5. The molecule has 4 saturated carbocycles. The maximum atomic E-state index is 10.6. The molecule has 4 rings (SSSR count). The first-order valence-electron chi connectivity index (χ1n) is 13.8. The highest BCUT2D eigenvalue weighted by Crippen LogP contribution is 2.68. The van der Waals surface area contributed by atoms with Crippen molar-refractivity contribution in [3.8, 4) is 0 Å². The van der Waals surface area contributed by atoms with Crippen LogP contribution in [0.2, 0.25) is 0 Å². The van der Waals surface area contributed by atoms with E-state index in [-0.39, 0.29) is 5.41 Å². The van der Waals surface area contributed by atoms with Gasteiger partial charge in [-0.25, -0.2) is 0 Å². The van der Waals surface area contributed by atoms with Gasteiger partial charge in [-0.1, -0.05) is 48.5 Å². The summed E-state index contributed by atoms with van der Waals surface area (Å²) >= 11 is 0. The van der Waals surface area contributed by atoms with Gasteiger partial charge in [0.15, 0.2) is 0 Å². The number of rotatable bonds is 5. The molecule has 0 bridgehead atoms. The molecule has 0 aliphatic heterocycles. The fourth-order valence-electron chi connectivity index (χ4n) is 10.0. The zero-order valence-corrected chi connectivity index (χ0v) is 21.6. The van der Waals surface area contributed by atoms with Gasteiger partial charge in [-0.3, -0.25) is 0 Å². The molecule has 0 aromatic heterocycles. The maximum Gasteiger partial charge on any atom is 0.0804 e. The van der Waals surface area contributed by atoms with Crippen molar-refractivity contribution in [3.05, 3.63) is 0 Å². The van der Waals surface area contributed by atoms with Crippen molar-refractivity contribution in [2.45, 2.75) is 118 Å². The number of aliphatic hydroxyl groups excluding tert-OH is 2. The SMILES string of the molecule is CC(C)C[C@@H](C)[C@H](C)C(C)[C@H]1CCC2C3CCC4C[C@@H](O)C(O)CC4(C)C3CC[C@@]21C. The molecule has 0 spiro atoms. The summed E-state index contributed by atoms with van der Waals surface area (Å²) in [7, 11) is 0. The van der Waals surface area contributed by atoms with Crippen LogP contribution in [-0.4, -0.2) is 22.4 Å². The minimum Gasteiger partial charge on any atom is -0.390 e. The van der Waals surface area contributed by atoms with Crippen LogP contribution >= 0.6 is 0 Å². The van der Waals surface area contributed by atoms with Crippen molar-refractivity contribution in [3.63, 3.8) is 0 Å². The van der Waals surface area contributed by atoms with Gasteiger partial charge >= 0.3 is 0 Å². The van der Waals surface area contributed by atoms with Crippen LogP contribution in [0.25, 0.3) is 0 Å². The van der Waals surface area contributed by atoms with E-state index in [1.165, 1.54) is 44.9 Å². The predicted octanol–water partition coefficient (Wildman–Crippen LogP) is 6.93. The van der Waals surface area contributed by atoms with Crippen LogP contribution in [0.4, 0.5) is 0 Å². The molecule has 0 amide bonds. The molecule has 2 N–H and O–H groups in total. The van der Waals surface area contributed by atoms with Crippen LogP contribution in [-0.2, 0) is 0 Å². The topological polar surface area (TPSA) is 40.5 Å². The number of fused-ring (bicyclic) bond motifs is 5. The van der Waals surface area contributed by atoms with Crippen LogP contribution in [0, 0.1) is 64.1 Å². The van der Waals surface area contributed by atoms with Crippen molar-refractivity contribution in [2.24, 2.45) is 64.1 Å². The average Bonchev–Trinajstić information content (AvgIpc) is 3.04. The highest BCUT2D eigenvalue weighted by atomic mass is 16.3. The monoisotopic (exact) mass is 432 g/mol. The van der Waals surface area contributed by atoms with Crippen molar-refractivity contribution < 1.29 is 10.2 Å². The van der Waals surface area contributed by atoms with Crippen molar-refractivity contribution >= 4 is 0 Å². The number of aliphatic hydroxyl groups is 2. The van der Waals surface area contributed by atoms with Crippen molar-refractivity contribution in [1.82, 2.24) is 0 Å². The van der Waals surface area contributed by atoms with E-state index in [0.29, 0.717) is 11.3 Å². The smallest absolute Gasteiger partial charge is 0.0804 e. The average molecular weight is 433 g/mol. The van der Waals surface area contributed by atoms with E-state index >= 15 is 0 Å². The molecule has 2 heteroatoms. The Bertz CT molecular complexity index is 630. The Kier molecular flexibility index (Phi) is 6.68. The summed E-state index contributed by atoms with van der Waals surface area (Å²) in [6, 6.07) is 0. The quantitative estimate of drug-likeness (QED) is 0.494. The first-order chi connectivity index (χ1) is 14.5. The minimum atomic E-state index is -0.507. The molecule has 4 fully saturated rings. The Hall–Kier alpha value is -0.0800. The van der Waals surface area contributed by atoms with E-state index in [1.807, 2.05) is 0 Å². The van der Waals surface area contributed by atoms with Crippen LogP contribution < -0.4 is 0 Å². The number of hydrogen-bond donors (Lipinski definition) is 2. The Balaban J connectivity index is 1.51. The molecular formula is C29H52O2. The molecule has 4 aliphatic rings. The summed E-state index contributed by atoms with van der Waals surface area (Å²) < 4.78 is 0. The van der Waals surface area contributed by atoms with Gasteiger partial charge in [-0.05, 0) is 122 Å². The van der Waals surface area contributed by atoms with Gasteiger partial charge in [0, 0.05) is 0 Å². The third kappa shape index (κ3) is 3.94. The summed E-state index contributed by atoms with van der Waals surface area (Å²) in [6.07, 6.45) is 10.3. The standard InChI is InChI=1S/C29H52O2/c1-17(2)14-18(3)19(4)20(5)23-10-11-24-22-9-8-21-15-26(30)27(31)16-29(21,7)25(22)12-13-28(23,24)6/h17-27,30-31H,8-16H2,1-7H3/t18-,19+,20?,21?,22?,23-,24?,25?,26-,27?,28-,29?/m1/s1. The van der Waals surface area contributed by atoms with E-state index in [9.17, 15) is 10.2 Å². The first kappa shape index (κ1) is 24.1. The molecule has 2 nitrogen and oxygen atoms in total. The first-order valence-corrected chi connectivity index (χ1v) is 13.8. The minimum absolute atomic E-state index is 0.242. The summed E-state index contributed by atoms with van der Waals surface area (Å²) in [5, 5.41) is 20.9. The lowest BCUT2D eigenvalue weighted by Gasteiger charge is -2.62. The van der Waals surface area contributed by atoms with E-state index in [4.69, 9.17) is 0 Å². The lowest BCUT2D eigenvalue weighted by atomic mass is 9.44. The number of hydrogen-bond acceptors (Lipinski definition) is 2. The lowest BCUT2D eigenvalue weighted by molar-refractivity contribution is -0.161. The molecule has 0 aromatic rings. The Morgan fingerprint density at radius 3 is 2.16 bits per heavy atom. The van der Waals surface area contributed by atoms with Crippen LogP contribution in [0.15, 0.2) is 0 Å². The van der Waals surface area contributed by atoms with E-state index in [1.54, 1.807) is 0 Å². The van der Waals surface area contributed by atoms with Gasteiger partial charge in [0.1, 0.15) is 0 Å². The zero-order valence-electron chi connectivity index (χ0n) is 21.6. The van der Waals surface area contributed by atoms with Crippen LogP contribution in [0.1, 0.15) is 106 Å². The zero-order chi connectivity index (χ0) is 22.7. The molecule has 0 radical (unpaired) electrons. The van der Waals surface area contributed by atoms with Crippen molar-refractivity contribution in [1.29, 1.82) is 0 Å². The molecule has 12 atom stereocenters. The van der Waals surface area contributed by atoms with E-state index in [0.717, 1.165) is 60.2 Å². The molecule has 0 saturated heterocycles. The molecular weight excluding hydrogens is 380 g/mol. The molecule has 180 valence electrons. The fourth-order valence-corrected chi connectivity index (χ4v) is 10.0. The molecule has 7 unspecified atom stereocenters. The second-order valence-corrected chi connectivity index (χ2v) is 13.8. The van der Waals surface area contributed by atoms with Crippen LogP contribution in [0.3, 0.4) is 0 Å². The van der Waals surface area contributed by atoms with Gasteiger partial charge in [0.25, 0.3) is 0 Å². The van der Waals surface area contributed by atoms with E-state index in [2.05, 4.69) is 48.5 Å². The Labute approximate surface area is 193 Å². The molecule has 0 aromatic carbocycles. The Morgan fingerprint density at radius 1 is 0.806 bits per heavy atom. The van der Waals surface area contributed by atoms with Gasteiger partial charge < -0.3 is 10.2 Å². The molecule has 31 heavy (non-hydrogen) atoms. The molecule has 0 heterocycles. The van der Waals surface area contributed by atoms with Crippen molar-refractivity contribution in [2.75, 3.05) is 0 Å². The Morgan fingerprint density at radius 2 is 1.48 bits per heavy atom. The van der Waals surface area contributed by atoms with Crippen LogP contribution in [0.5, 0.6) is 0 Å². The highest BCUT2D eigenvalue weighted by Gasteiger charge is 2.61. The second kappa shape index (κ2) is 8.61. The predicted molar refractivity (Wildman–Crippen MR) is 130 cm³/mol. The molecule has 4 aliphatic carbocycles. The third-order valence-corrected chi connectivity index (χ3v) is 12.0.